The first-order valence-electron chi connectivity index (χ1n) is 6.44. The molecule has 1 amide bonds. The molecule has 1 aromatic heterocycles. The van der Waals surface area contributed by atoms with Crippen LogP contribution < -0.4 is 5.32 Å². The largest absolute Gasteiger partial charge is 0.508 e. The van der Waals surface area contributed by atoms with Gasteiger partial charge < -0.3 is 10.4 Å². The highest BCUT2D eigenvalue weighted by atomic mass is 35.5. The van der Waals surface area contributed by atoms with Crippen LogP contribution in [0.2, 0.25) is 5.02 Å². The van der Waals surface area contributed by atoms with Crippen molar-refractivity contribution < 1.29 is 9.90 Å². The van der Waals surface area contributed by atoms with E-state index in [0.717, 1.165) is 17.7 Å². The van der Waals surface area contributed by atoms with E-state index >= 15 is 0 Å². The number of benzene rings is 1. The zero-order chi connectivity index (χ0) is 14.5. The Hall–Kier alpha value is -1.52. The molecule has 1 aromatic carbocycles. The quantitative estimate of drug-likeness (QED) is 0.861. The van der Waals surface area contributed by atoms with Gasteiger partial charge in [-0.1, -0.05) is 31.0 Å². The minimum atomic E-state index is -0.266. The van der Waals surface area contributed by atoms with Crippen molar-refractivity contribution in [3.63, 3.8) is 0 Å². The van der Waals surface area contributed by atoms with Gasteiger partial charge in [0, 0.05) is 4.88 Å². The molecule has 0 fully saturated rings. The van der Waals surface area contributed by atoms with Gasteiger partial charge in [0.25, 0.3) is 5.91 Å². The molecule has 0 saturated heterocycles. The Bertz CT molecular complexity index is 584. The third-order valence-corrected chi connectivity index (χ3v) is 4.28. The molecule has 0 aliphatic carbocycles. The fourth-order valence-electron chi connectivity index (χ4n) is 1.99. The Labute approximate surface area is 127 Å². The first-order chi connectivity index (χ1) is 9.61. The topological polar surface area (TPSA) is 49.3 Å². The molecular formula is C15H16ClNO2S. The van der Waals surface area contributed by atoms with Crippen LogP contribution in [-0.4, -0.2) is 11.0 Å². The summed E-state index contributed by atoms with van der Waals surface area (Å²) >= 11 is 7.63. The number of amides is 1. The third kappa shape index (κ3) is 3.52. The van der Waals surface area contributed by atoms with E-state index in [9.17, 15) is 9.90 Å². The molecule has 0 spiro atoms. The van der Waals surface area contributed by atoms with Crippen molar-refractivity contribution in [2.75, 3.05) is 0 Å². The molecule has 0 saturated carbocycles. The monoisotopic (exact) mass is 309 g/mol. The number of thiophene rings is 1. The van der Waals surface area contributed by atoms with Crippen molar-refractivity contribution in [3.05, 3.63) is 51.2 Å². The maximum atomic E-state index is 12.3. The molecule has 0 radical (unpaired) electrons. The van der Waals surface area contributed by atoms with Crippen molar-refractivity contribution in [3.8, 4) is 5.75 Å². The highest BCUT2D eigenvalue weighted by Crippen LogP contribution is 2.26. The van der Waals surface area contributed by atoms with E-state index in [-0.39, 0.29) is 17.7 Å². The smallest absolute Gasteiger partial charge is 0.253 e. The summed E-state index contributed by atoms with van der Waals surface area (Å²) in [4.78, 5) is 13.4. The molecular weight excluding hydrogens is 294 g/mol. The number of carbonyl (C=O) groups is 1. The molecule has 1 atom stereocenters. The van der Waals surface area contributed by atoms with E-state index in [0.29, 0.717) is 10.6 Å². The van der Waals surface area contributed by atoms with Crippen LogP contribution in [-0.2, 0) is 0 Å². The Kier molecular flexibility index (Phi) is 5.04. The fraction of sp³-hybridized carbons (Fsp3) is 0.267. The fourth-order valence-corrected chi connectivity index (χ4v) is 3.00. The van der Waals surface area contributed by atoms with Gasteiger partial charge in [0.15, 0.2) is 0 Å². The molecule has 2 N–H and O–H groups in total. The Morgan fingerprint density at radius 1 is 1.45 bits per heavy atom. The molecule has 0 aliphatic heterocycles. The summed E-state index contributed by atoms with van der Waals surface area (Å²) in [5, 5.41) is 14.8. The number of rotatable bonds is 5. The first kappa shape index (κ1) is 14.9. The Morgan fingerprint density at radius 2 is 2.25 bits per heavy atom. The van der Waals surface area contributed by atoms with Crippen LogP contribution in [0.25, 0.3) is 0 Å². The average molecular weight is 310 g/mol. The number of phenolic OH excluding ortho intramolecular Hbond substituents is 1. The summed E-state index contributed by atoms with van der Waals surface area (Å²) in [5.74, 6) is -0.236. The van der Waals surface area contributed by atoms with Crippen LogP contribution in [0.3, 0.4) is 0 Å². The summed E-state index contributed by atoms with van der Waals surface area (Å²) in [6.45, 7) is 2.08. The zero-order valence-corrected chi connectivity index (χ0v) is 12.7. The van der Waals surface area contributed by atoms with E-state index in [1.54, 1.807) is 11.3 Å². The number of nitrogens with one attached hydrogen (secondary N) is 1. The van der Waals surface area contributed by atoms with Gasteiger partial charge in [-0.05, 0) is 36.1 Å². The minimum Gasteiger partial charge on any atom is -0.508 e. The number of hydrogen-bond donors (Lipinski definition) is 2. The molecule has 1 heterocycles. The lowest BCUT2D eigenvalue weighted by Crippen LogP contribution is -2.28. The van der Waals surface area contributed by atoms with Crippen LogP contribution in [0, 0.1) is 0 Å². The van der Waals surface area contributed by atoms with Gasteiger partial charge in [-0.25, -0.2) is 0 Å². The zero-order valence-electron chi connectivity index (χ0n) is 11.1. The van der Waals surface area contributed by atoms with Crippen molar-refractivity contribution in [2.24, 2.45) is 0 Å². The number of hydrogen-bond acceptors (Lipinski definition) is 3. The minimum absolute atomic E-state index is 0.0223. The van der Waals surface area contributed by atoms with E-state index in [2.05, 4.69) is 12.2 Å². The molecule has 1 unspecified atom stereocenters. The van der Waals surface area contributed by atoms with Gasteiger partial charge in [0.2, 0.25) is 0 Å². The molecule has 20 heavy (non-hydrogen) atoms. The molecule has 5 heteroatoms. The van der Waals surface area contributed by atoms with Crippen LogP contribution in [0.5, 0.6) is 5.75 Å². The van der Waals surface area contributed by atoms with Crippen molar-refractivity contribution in [1.29, 1.82) is 0 Å². The number of phenols is 1. The van der Waals surface area contributed by atoms with Crippen molar-refractivity contribution in [1.82, 2.24) is 5.32 Å². The van der Waals surface area contributed by atoms with Crippen LogP contribution in [0.1, 0.15) is 41.0 Å². The lowest BCUT2D eigenvalue weighted by molar-refractivity contribution is 0.0935. The number of carbonyl (C=O) groups excluding carboxylic acids is 1. The molecule has 2 rings (SSSR count). The lowest BCUT2D eigenvalue weighted by atomic mass is 10.1. The molecule has 0 aliphatic rings. The van der Waals surface area contributed by atoms with E-state index < -0.39 is 0 Å². The van der Waals surface area contributed by atoms with E-state index in [1.807, 2.05) is 17.5 Å². The highest BCUT2D eigenvalue weighted by Gasteiger charge is 2.18. The average Bonchev–Trinajstić information content (AvgIpc) is 2.95. The summed E-state index contributed by atoms with van der Waals surface area (Å²) in [6.07, 6.45) is 1.83. The van der Waals surface area contributed by atoms with Crippen LogP contribution >= 0.6 is 22.9 Å². The molecule has 106 valence electrons. The predicted octanol–water partition coefficient (Wildman–Crippen LogP) is 4.38. The SMILES string of the molecule is CCCC(NC(=O)c1cc(O)ccc1Cl)c1cccs1. The number of aromatic hydroxyl groups is 1. The summed E-state index contributed by atoms with van der Waals surface area (Å²) in [7, 11) is 0. The van der Waals surface area contributed by atoms with Crippen molar-refractivity contribution >= 4 is 28.8 Å². The van der Waals surface area contributed by atoms with Gasteiger partial charge in [0.1, 0.15) is 5.75 Å². The second-order valence-electron chi connectivity index (χ2n) is 4.49. The maximum Gasteiger partial charge on any atom is 0.253 e. The summed E-state index contributed by atoms with van der Waals surface area (Å²) < 4.78 is 0. The van der Waals surface area contributed by atoms with Gasteiger partial charge in [-0.3, -0.25) is 4.79 Å². The highest BCUT2D eigenvalue weighted by molar-refractivity contribution is 7.10. The molecule has 2 aromatic rings. The van der Waals surface area contributed by atoms with E-state index in [4.69, 9.17) is 11.6 Å². The lowest BCUT2D eigenvalue weighted by Gasteiger charge is -2.17. The van der Waals surface area contributed by atoms with Gasteiger partial charge in [0.05, 0.1) is 16.6 Å². The second-order valence-corrected chi connectivity index (χ2v) is 5.88. The Balaban J connectivity index is 2.18. The molecule has 0 bridgehead atoms. The summed E-state index contributed by atoms with van der Waals surface area (Å²) in [5.41, 5.74) is 0.296. The first-order valence-corrected chi connectivity index (χ1v) is 7.70. The second kappa shape index (κ2) is 6.77. The number of halogens is 1. The summed E-state index contributed by atoms with van der Waals surface area (Å²) in [6, 6.07) is 8.32. The molecule has 3 nitrogen and oxygen atoms in total. The van der Waals surface area contributed by atoms with Gasteiger partial charge in [-0.15, -0.1) is 11.3 Å². The Morgan fingerprint density at radius 3 is 2.90 bits per heavy atom. The van der Waals surface area contributed by atoms with Gasteiger partial charge >= 0.3 is 0 Å². The normalized spacial score (nSPS) is 12.1. The van der Waals surface area contributed by atoms with Crippen molar-refractivity contribution in [2.45, 2.75) is 25.8 Å². The van der Waals surface area contributed by atoms with Gasteiger partial charge in [-0.2, -0.15) is 0 Å². The standard InChI is InChI=1S/C15H16ClNO2S/c1-2-4-13(14-5-3-8-20-14)17-15(19)11-9-10(18)6-7-12(11)16/h3,5-9,13,18H,2,4H2,1H3,(H,17,19). The van der Waals surface area contributed by atoms with Crippen LogP contribution in [0.4, 0.5) is 0 Å². The van der Waals surface area contributed by atoms with E-state index in [1.165, 1.54) is 18.2 Å². The third-order valence-electron chi connectivity index (χ3n) is 2.96. The predicted molar refractivity (Wildman–Crippen MR) is 82.6 cm³/mol. The van der Waals surface area contributed by atoms with Crippen LogP contribution in [0.15, 0.2) is 35.7 Å². The maximum absolute atomic E-state index is 12.3.